The van der Waals surface area contributed by atoms with Crippen molar-refractivity contribution in [1.82, 2.24) is 0 Å². The molecule has 10 heavy (non-hydrogen) atoms. The Morgan fingerprint density at radius 1 is 1.70 bits per heavy atom. The zero-order chi connectivity index (χ0) is 7.78. The second-order valence-electron chi connectivity index (χ2n) is 1.62. The first-order valence-electron chi connectivity index (χ1n) is 2.37. The van der Waals surface area contributed by atoms with Crippen LogP contribution >= 0.6 is 28.6 Å². The molecule has 3 nitrogen and oxygen atoms in total. The minimum atomic E-state index is -3.26. The number of thiol groups is 1. The Bertz CT molecular complexity index is 303. The zero-order valence-corrected chi connectivity index (χ0v) is 8.08. The van der Waals surface area contributed by atoms with Crippen LogP contribution < -0.4 is 0 Å². The Labute approximate surface area is 72.7 Å². The molecule has 0 saturated carbocycles. The van der Waals surface area contributed by atoms with Gasteiger partial charge in [-0.3, -0.25) is 0 Å². The molecule has 0 aliphatic carbocycles. The lowest BCUT2D eigenvalue weighted by atomic mass is 10.8. The van der Waals surface area contributed by atoms with Crippen molar-refractivity contribution in [2.45, 2.75) is 0 Å². The van der Waals surface area contributed by atoms with E-state index in [0.29, 0.717) is 0 Å². The van der Waals surface area contributed by atoms with Crippen LogP contribution in [-0.4, -0.2) is 19.2 Å². The van der Waals surface area contributed by atoms with E-state index in [2.05, 4.69) is 33.6 Å². The SMILES string of the molecule is O=S1(=O)C(Br)=CN=C1CS. The molecule has 0 spiro atoms. The van der Waals surface area contributed by atoms with Gasteiger partial charge >= 0.3 is 0 Å². The minimum absolute atomic E-state index is 0.0997. The molecule has 0 aromatic carbocycles. The van der Waals surface area contributed by atoms with E-state index in [9.17, 15) is 8.42 Å². The Balaban J connectivity index is 3.14. The number of nitrogens with zero attached hydrogens (tertiary/aromatic N) is 1. The highest BCUT2D eigenvalue weighted by Crippen LogP contribution is 2.22. The topological polar surface area (TPSA) is 46.5 Å². The van der Waals surface area contributed by atoms with Crippen molar-refractivity contribution < 1.29 is 8.42 Å². The van der Waals surface area contributed by atoms with Crippen LogP contribution in [-0.2, 0) is 9.84 Å². The van der Waals surface area contributed by atoms with E-state index in [1.807, 2.05) is 0 Å². The molecule has 6 heteroatoms. The summed E-state index contributed by atoms with van der Waals surface area (Å²) in [6, 6.07) is 0. The summed E-state index contributed by atoms with van der Waals surface area (Å²) in [6.07, 6.45) is 1.26. The van der Waals surface area contributed by atoms with E-state index in [1.54, 1.807) is 0 Å². The Morgan fingerprint density at radius 3 is 2.50 bits per heavy atom. The molecule has 1 heterocycles. The number of aliphatic imine (C=N–C) groups is 1. The Hall–Kier alpha value is 0.190. The van der Waals surface area contributed by atoms with Gasteiger partial charge in [-0.05, 0) is 15.9 Å². The van der Waals surface area contributed by atoms with Crippen LogP contribution in [0.5, 0.6) is 0 Å². The van der Waals surface area contributed by atoms with E-state index < -0.39 is 9.84 Å². The second-order valence-corrected chi connectivity index (χ2v) is 5.23. The van der Waals surface area contributed by atoms with Crippen LogP contribution in [0.2, 0.25) is 0 Å². The fourth-order valence-corrected chi connectivity index (χ4v) is 2.53. The Kier molecular flexibility index (Phi) is 2.21. The maximum absolute atomic E-state index is 11.0. The highest BCUT2D eigenvalue weighted by molar-refractivity contribution is 9.14. The minimum Gasteiger partial charge on any atom is -0.246 e. The van der Waals surface area contributed by atoms with Crippen molar-refractivity contribution in [2.75, 3.05) is 5.75 Å². The van der Waals surface area contributed by atoms with Crippen LogP contribution in [0.25, 0.3) is 0 Å². The van der Waals surface area contributed by atoms with Gasteiger partial charge < -0.3 is 0 Å². The normalized spacial score (nSPS) is 22.2. The first-order chi connectivity index (χ1) is 4.59. The zero-order valence-electron chi connectivity index (χ0n) is 4.78. The van der Waals surface area contributed by atoms with Gasteiger partial charge in [0.2, 0.25) is 9.84 Å². The van der Waals surface area contributed by atoms with Crippen molar-refractivity contribution in [2.24, 2.45) is 4.99 Å². The molecule has 0 saturated heterocycles. The molecular weight excluding hydrogens is 238 g/mol. The van der Waals surface area contributed by atoms with E-state index in [4.69, 9.17) is 0 Å². The number of rotatable bonds is 1. The first-order valence-corrected chi connectivity index (χ1v) is 5.28. The van der Waals surface area contributed by atoms with Gasteiger partial charge in [-0.2, -0.15) is 12.6 Å². The third kappa shape index (κ3) is 1.15. The molecule has 0 N–H and O–H groups in total. The molecule has 0 amide bonds. The molecule has 1 aliphatic rings. The summed E-state index contributed by atoms with van der Waals surface area (Å²) in [4.78, 5) is 3.63. The van der Waals surface area contributed by atoms with Crippen LogP contribution in [0.3, 0.4) is 0 Å². The van der Waals surface area contributed by atoms with Crippen LogP contribution in [0.4, 0.5) is 0 Å². The van der Waals surface area contributed by atoms with E-state index in [-0.39, 0.29) is 14.6 Å². The van der Waals surface area contributed by atoms with Crippen molar-refractivity contribution in [3.8, 4) is 0 Å². The van der Waals surface area contributed by atoms with E-state index in [1.165, 1.54) is 6.20 Å². The highest BCUT2D eigenvalue weighted by Gasteiger charge is 2.25. The third-order valence-corrected chi connectivity index (χ3v) is 4.50. The summed E-state index contributed by atoms with van der Waals surface area (Å²) in [5.41, 5.74) is 0. The lowest BCUT2D eigenvalue weighted by molar-refractivity contribution is 0.615. The van der Waals surface area contributed by atoms with Crippen LogP contribution in [0.1, 0.15) is 0 Å². The molecule has 0 atom stereocenters. The molecule has 0 unspecified atom stereocenters. The predicted molar refractivity (Wildman–Crippen MR) is 47.2 cm³/mol. The Morgan fingerprint density at radius 2 is 2.30 bits per heavy atom. The molecule has 56 valence electrons. The van der Waals surface area contributed by atoms with Gasteiger partial charge in [0, 0.05) is 5.75 Å². The van der Waals surface area contributed by atoms with Gasteiger partial charge in [-0.1, -0.05) is 0 Å². The number of hydrogen-bond acceptors (Lipinski definition) is 4. The van der Waals surface area contributed by atoms with Crippen molar-refractivity contribution >= 4 is 43.4 Å². The summed E-state index contributed by atoms with van der Waals surface area (Å²) in [7, 11) is -3.26. The summed E-state index contributed by atoms with van der Waals surface area (Å²) < 4.78 is 22.2. The standard InChI is InChI=1S/C4H4BrNO2S2/c5-3-1-6-4(2-9)10(3,7)8/h1,9H,2H2. The van der Waals surface area contributed by atoms with Crippen molar-refractivity contribution in [1.29, 1.82) is 0 Å². The van der Waals surface area contributed by atoms with Crippen molar-refractivity contribution in [3.05, 3.63) is 10.0 Å². The number of sulfone groups is 1. The molecular formula is C4H4BrNO2S2. The smallest absolute Gasteiger partial charge is 0.228 e. The second kappa shape index (κ2) is 2.67. The molecule has 1 rings (SSSR count). The monoisotopic (exact) mass is 241 g/mol. The summed E-state index contributed by atoms with van der Waals surface area (Å²) in [5, 5.41) is 0.0997. The lowest BCUT2D eigenvalue weighted by Crippen LogP contribution is -2.11. The number of hydrogen-bond donors (Lipinski definition) is 1. The first kappa shape index (κ1) is 8.29. The van der Waals surface area contributed by atoms with Crippen molar-refractivity contribution in [3.63, 3.8) is 0 Å². The summed E-state index contributed by atoms with van der Waals surface area (Å²) in [5.74, 6) is 0.147. The fourth-order valence-electron chi connectivity index (χ4n) is 0.500. The summed E-state index contributed by atoms with van der Waals surface area (Å²) >= 11 is 6.67. The third-order valence-electron chi connectivity index (χ3n) is 1.01. The van der Waals surface area contributed by atoms with E-state index >= 15 is 0 Å². The molecule has 0 fully saturated rings. The maximum atomic E-state index is 11.0. The molecule has 0 bridgehead atoms. The largest absolute Gasteiger partial charge is 0.246 e. The average molecular weight is 242 g/mol. The lowest BCUT2D eigenvalue weighted by Gasteiger charge is -1.93. The quantitative estimate of drug-likeness (QED) is 0.695. The summed E-state index contributed by atoms with van der Waals surface area (Å²) in [6.45, 7) is 0. The van der Waals surface area contributed by atoms with Gasteiger partial charge in [0.1, 0.15) is 8.86 Å². The van der Waals surface area contributed by atoms with E-state index in [0.717, 1.165) is 0 Å². The van der Waals surface area contributed by atoms with Gasteiger partial charge in [-0.15, -0.1) is 0 Å². The van der Waals surface area contributed by atoms with Gasteiger partial charge in [0.15, 0.2) is 0 Å². The van der Waals surface area contributed by atoms with Gasteiger partial charge in [-0.25, -0.2) is 13.4 Å². The number of halogens is 1. The van der Waals surface area contributed by atoms with Crippen LogP contribution in [0, 0.1) is 0 Å². The van der Waals surface area contributed by atoms with Gasteiger partial charge in [0.25, 0.3) is 0 Å². The molecule has 0 aromatic rings. The highest BCUT2D eigenvalue weighted by atomic mass is 79.9. The molecule has 1 aliphatic heterocycles. The molecule has 0 radical (unpaired) electrons. The average Bonchev–Trinajstić information content (AvgIpc) is 2.10. The van der Waals surface area contributed by atoms with Crippen LogP contribution in [0.15, 0.2) is 15.0 Å². The maximum Gasteiger partial charge on any atom is 0.228 e. The predicted octanol–water partition coefficient (Wildman–Crippen LogP) is 0.937. The fraction of sp³-hybridized carbons (Fsp3) is 0.250. The van der Waals surface area contributed by atoms with Gasteiger partial charge in [0.05, 0.1) is 6.20 Å². The molecule has 0 aromatic heterocycles.